The highest BCUT2D eigenvalue weighted by Crippen LogP contribution is 2.44. The summed E-state index contributed by atoms with van der Waals surface area (Å²) in [6, 6.07) is 11.4. The van der Waals surface area contributed by atoms with Gasteiger partial charge in [-0.3, -0.25) is 0 Å². The molecule has 10 heteroatoms. The third kappa shape index (κ3) is 4.49. The Hall–Kier alpha value is -2.72. The van der Waals surface area contributed by atoms with Gasteiger partial charge in [-0.25, -0.2) is 4.31 Å². The quantitative estimate of drug-likeness (QED) is 0.459. The number of halogens is 3. The van der Waals surface area contributed by atoms with Gasteiger partial charge in [0.15, 0.2) is 6.73 Å². The van der Waals surface area contributed by atoms with Gasteiger partial charge in [0.25, 0.3) is 0 Å². The fourth-order valence-corrected chi connectivity index (χ4v) is 4.50. The van der Waals surface area contributed by atoms with Crippen LogP contribution in [0, 0.1) is 0 Å². The Kier molecular flexibility index (Phi) is 5.27. The molecule has 0 atom stereocenters. The first kappa shape index (κ1) is 20.2. The highest BCUT2D eigenvalue weighted by atomic mass is 32.2. The Labute approximate surface area is 180 Å². The molecular weight excluding hydrogens is 431 g/mol. The van der Waals surface area contributed by atoms with Crippen molar-refractivity contribution in [1.29, 1.82) is 0 Å². The zero-order chi connectivity index (χ0) is 21.4. The molecule has 1 aliphatic carbocycles. The summed E-state index contributed by atoms with van der Waals surface area (Å²) < 4.78 is 54.9. The summed E-state index contributed by atoms with van der Waals surface area (Å²) in [7, 11) is 0. The van der Waals surface area contributed by atoms with Gasteiger partial charge < -0.3 is 13.9 Å². The van der Waals surface area contributed by atoms with Crippen molar-refractivity contribution in [3.63, 3.8) is 0 Å². The van der Waals surface area contributed by atoms with Crippen LogP contribution in [0.3, 0.4) is 0 Å². The minimum Gasteiger partial charge on any atom is -0.476 e. The molecule has 1 fully saturated rings. The number of alkyl halides is 3. The molecule has 0 amide bonds. The Morgan fingerprint density at radius 1 is 1.10 bits per heavy atom. The van der Waals surface area contributed by atoms with Crippen LogP contribution in [0.2, 0.25) is 0 Å². The topological polar surface area (TPSA) is 60.6 Å². The average molecular weight is 449 g/mol. The summed E-state index contributed by atoms with van der Waals surface area (Å²) in [6.45, 7) is 0.775. The first-order valence-corrected chi connectivity index (χ1v) is 10.6. The smallest absolute Gasteiger partial charge is 0.476 e. The highest BCUT2D eigenvalue weighted by Gasteiger charge is 2.31. The summed E-state index contributed by atoms with van der Waals surface area (Å²) in [5.41, 5.74) is 1.61. The van der Waals surface area contributed by atoms with Gasteiger partial charge in [0.2, 0.25) is 11.8 Å². The van der Waals surface area contributed by atoms with Gasteiger partial charge in [-0.15, -0.1) is 23.4 Å². The van der Waals surface area contributed by atoms with Crippen LogP contribution in [0.4, 0.5) is 13.2 Å². The number of hydrogen-bond donors (Lipinski definition) is 0. The number of nitrogens with zero attached hydrogens (tertiary/aromatic N) is 3. The number of ether oxygens (including phenoxy) is 2. The van der Waals surface area contributed by atoms with E-state index in [0.29, 0.717) is 31.0 Å². The molecule has 1 saturated carbocycles. The molecule has 162 valence electrons. The lowest BCUT2D eigenvalue weighted by Crippen LogP contribution is -2.25. The molecule has 2 aromatic carbocycles. The van der Waals surface area contributed by atoms with Crippen molar-refractivity contribution in [2.45, 2.75) is 43.0 Å². The van der Waals surface area contributed by atoms with E-state index in [1.807, 2.05) is 22.5 Å². The molecule has 1 aromatic heterocycles. The molecule has 0 unspecified atom stereocenters. The second kappa shape index (κ2) is 8.08. The molecule has 31 heavy (non-hydrogen) atoms. The van der Waals surface area contributed by atoms with Crippen LogP contribution in [0.1, 0.15) is 37.0 Å². The molecule has 0 saturated heterocycles. The van der Waals surface area contributed by atoms with Gasteiger partial charge in [0.1, 0.15) is 11.5 Å². The summed E-state index contributed by atoms with van der Waals surface area (Å²) in [5, 5.41) is 8.32. The summed E-state index contributed by atoms with van der Waals surface area (Å²) >= 11 is 1.49. The van der Waals surface area contributed by atoms with Gasteiger partial charge >= 0.3 is 6.36 Å². The van der Waals surface area contributed by atoms with Crippen molar-refractivity contribution in [3.05, 3.63) is 54.2 Å². The first-order chi connectivity index (χ1) is 14.9. The van der Waals surface area contributed by atoms with Crippen LogP contribution < -0.4 is 9.47 Å². The van der Waals surface area contributed by atoms with Gasteiger partial charge in [0.05, 0.1) is 11.4 Å². The number of rotatable bonds is 5. The van der Waals surface area contributed by atoms with Crippen LogP contribution in [-0.2, 0) is 6.54 Å². The van der Waals surface area contributed by atoms with E-state index in [1.54, 1.807) is 12.1 Å². The second-order valence-corrected chi connectivity index (χ2v) is 8.48. The van der Waals surface area contributed by atoms with Crippen molar-refractivity contribution in [3.8, 4) is 22.6 Å². The monoisotopic (exact) mass is 449 g/mol. The van der Waals surface area contributed by atoms with Gasteiger partial charge in [0, 0.05) is 11.5 Å². The molecule has 2 aliphatic rings. The molecule has 3 aromatic rings. The van der Waals surface area contributed by atoms with Crippen LogP contribution in [0.25, 0.3) is 11.1 Å². The maximum Gasteiger partial charge on any atom is 0.573 e. The van der Waals surface area contributed by atoms with Crippen LogP contribution in [0.15, 0.2) is 51.8 Å². The van der Waals surface area contributed by atoms with Gasteiger partial charge in [-0.1, -0.05) is 30.7 Å². The number of aromatic nitrogens is 2. The molecule has 0 spiro atoms. The zero-order valence-electron chi connectivity index (χ0n) is 16.3. The molecule has 0 bridgehead atoms. The zero-order valence-corrected chi connectivity index (χ0v) is 17.1. The lowest BCUT2D eigenvalue weighted by molar-refractivity contribution is -0.274. The largest absolute Gasteiger partial charge is 0.573 e. The maximum absolute atomic E-state index is 12.4. The standard InChI is InChI=1S/C21H18F3N3O3S/c22-21(23,24)30-15-9-7-13(8-10-15)16-5-2-6-17-19(16)31-27(12-28-17)11-18-25-26-20(29-18)14-3-1-4-14/h2,5-10,14H,1,3-4,11-12H2. The third-order valence-corrected chi connectivity index (χ3v) is 6.31. The Balaban J connectivity index is 1.33. The van der Waals surface area contributed by atoms with Crippen LogP contribution in [0.5, 0.6) is 11.5 Å². The van der Waals surface area contributed by atoms with E-state index in [4.69, 9.17) is 9.15 Å². The predicted molar refractivity (Wildman–Crippen MR) is 106 cm³/mol. The van der Waals surface area contributed by atoms with Crippen molar-refractivity contribution >= 4 is 11.9 Å². The van der Waals surface area contributed by atoms with E-state index in [0.717, 1.165) is 34.6 Å². The minimum absolute atomic E-state index is 0.259. The fraction of sp³-hybridized carbons (Fsp3) is 0.333. The predicted octanol–water partition coefficient (Wildman–Crippen LogP) is 5.76. The molecule has 0 N–H and O–H groups in total. The van der Waals surface area contributed by atoms with Crippen LogP contribution in [-0.4, -0.2) is 27.6 Å². The van der Waals surface area contributed by atoms with Crippen molar-refractivity contribution in [2.75, 3.05) is 6.73 Å². The lowest BCUT2D eigenvalue weighted by Gasteiger charge is -2.28. The third-order valence-electron chi connectivity index (χ3n) is 5.21. The van der Waals surface area contributed by atoms with Gasteiger partial charge in [-0.2, -0.15) is 0 Å². The second-order valence-electron chi connectivity index (χ2n) is 7.37. The number of fused-ring (bicyclic) bond motifs is 1. The Morgan fingerprint density at radius 3 is 2.61 bits per heavy atom. The molecule has 1 aliphatic heterocycles. The normalized spacial score (nSPS) is 17.0. The summed E-state index contributed by atoms with van der Waals surface area (Å²) in [6.07, 6.45) is -1.34. The van der Waals surface area contributed by atoms with E-state index in [9.17, 15) is 13.2 Å². The molecule has 0 radical (unpaired) electrons. The lowest BCUT2D eigenvalue weighted by atomic mass is 9.85. The van der Waals surface area contributed by atoms with Crippen LogP contribution >= 0.6 is 11.9 Å². The van der Waals surface area contributed by atoms with E-state index in [-0.39, 0.29) is 5.75 Å². The van der Waals surface area contributed by atoms with E-state index < -0.39 is 6.36 Å². The van der Waals surface area contributed by atoms with E-state index >= 15 is 0 Å². The first-order valence-electron chi connectivity index (χ1n) is 9.82. The fourth-order valence-electron chi connectivity index (χ4n) is 3.46. The average Bonchev–Trinajstić information content (AvgIpc) is 3.13. The minimum atomic E-state index is -4.72. The molecular formula is C21H18F3N3O3S. The van der Waals surface area contributed by atoms with Crippen molar-refractivity contribution in [1.82, 2.24) is 14.5 Å². The van der Waals surface area contributed by atoms with Gasteiger partial charge in [-0.05, 0) is 48.6 Å². The molecule has 6 nitrogen and oxygen atoms in total. The molecule has 5 rings (SSSR count). The Bertz CT molecular complexity index is 1070. The molecule has 2 heterocycles. The summed E-state index contributed by atoms with van der Waals surface area (Å²) in [5.74, 6) is 2.07. The maximum atomic E-state index is 12.4. The van der Waals surface area contributed by atoms with Crippen molar-refractivity contribution < 1.29 is 27.1 Å². The van der Waals surface area contributed by atoms with E-state index in [1.165, 1.54) is 30.5 Å². The number of hydrogen-bond acceptors (Lipinski definition) is 7. The highest BCUT2D eigenvalue weighted by molar-refractivity contribution is 7.97. The SMILES string of the molecule is FC(F)(F)Oc1ccc(-c2cccc3c2SN(Cc2nnc(C4CCC4)o2)CO3)cc1. The number of benzene rings is 2. The van der Waals surface area contributed by atoms with Crippen molar-refractivity contribution in [2.24, 2.45) is 0 Å². The van der Waals surface area contributed by atoms with E-state index in [2.05, 4.69) is 14.9 Å². The summed E-state index contributed by atoms with van der Waals surface area (Å²) in [4.78, 5) is 0.872. The Morgan fingerprint density at radius 2 is 1.90 bits per heavy atom.